The van der Waals surface area contributed by atoms with Crippen LogP contribution in [0, 0.1) is 0 Å². The standard InChI is InChI=1S/C19H15ClN2O5/c1-24-19(23)16-17(11-2-4-12(20)5-3-11)22-27-18(16)21-13-6-7-14-15(10-13)26-9-8-25-14/h2-7,10,21H,8-9H2,1H3. The van der Waals surface area contributed by atoms with E-state index in [0.717, 1.165) is 0 Å². The lowest BCUT2D eigenvalue weighted by Gasteiger charge is -2.18. The Morgan fingerprint density at radius 2 is 1.85 bits per heavy atom. The molecule has 0 unspecified atom stereocenters. The fourth-order valence-corrected chi connectivity index (χ4v) is 2.85. The molecule has 0 amide bonds. The molecule has 2 aromatic carbocycles. The lowest BCUT2D eigenvalue weighted by atomic mass is 10.1. The van der Waals surface area contributed by atoms with Gasteiger partial charge in [-0.2, -0.15) is 0 Å². The van der Waals surface area contributed by atoms with E-state index in [2.05, 4.69) is 10.5 Å². The van der Waals surface area contributed by atoms with Gasteiger partial charge in [0, 0.05) is 22.3 Å². The van der Waals surface area contributed by atoms with Gasteiger partial charge in [0.15, 0.2) is 17.1 Å². The zero-order chi connectivity index (χ0) is 18.8. The van der Waals surface area contributed by atoms with Crippen LogP contribution in [0.4, 0.5) is 11.6 Å². The molecule has 0 saturated carbocycles. The minimum absolute atomic E-state index is 0.170. The van der Waals surface area contributed by atoms with Crippen LogP contribution in [0.2, 0.25) is 5.02 Å². The minimum atomic E-state index is -0.568. The number of fused-ring (bicyclic) bond motifs is 1. The maximum atomic E-state index is 12.3. The monoisotopic (exact) mass is 386 g/mol. The molecule has 0 saturated heterocycles. The molecule has 0 spiro atoms. The second-order valence-corrected chi connectivity index (χ2v) is 6.15. The van der Waals surface area contributed by atoms with E-state index in [1.54, 1.807) is 42.5 Å². The van der Waals surface area contributed by atoms with Crippen molar-refractivity contribution in [3.8, 4) is 22.8 Å². The molecule has 0 aliphatic carbocycles. The Balaban J connectivity index is 1.70. The van der Waals surface area contributed by atoms with Crippen molar-refractivity contribution in [1.29, 1.82) is 0 Å². The molecule has 0 bridgehead atoms. The van der Waals surface area contributed by atoms with Crippen LogP contribution in [0.25, 0.3) is 11.3 Å². The van der Waals surface area contributed by atoms with Gasteiger partial charge in [0.1, 0.15) is 18.9 Å². The van der Waals surface area contributed by atoms with E-state index < -0.39 is 5.97 Å². The van der Waals surface area contributed by atoms with Crippen LogP contribution in [0.1, 0.15) is 10.4 Å². The summed E-state index contributed by atoms with van der Waals surface area (Å²) in [4.78, 5) is 12.3. The smallest absolute Gasteiger partial charge is 0.345 e. The number of ether oxygens (including phenoxy) is 3. The van der Waals surface area contributed by atoms with Gasteiger partial charge in [-0.05, 0) is 24.3 Å². The van der Waals surface area contributed by atoms with Crippen LogP contribution in [-0.2, 0) is 4.74 Å². The summed E-state index contributed by atoms with van der Waals surface area (Å²) in [7, 11) is 1.30. The quantitative estimate of drug-likeness (QED) is 0.669. The number of nitrogens with one attached hydrogen (secondary N) is 1. The highest BCUT2D eigenvalue weighted by Gasteiger charge is 2.25. The van der Waals surface area contributed by atoms with Gasteiger partial charge in [-0.25, -0.2) is 4.79 Å². The fourth-order valence-electron chi connectivity index (χ4n) is 2.72. The summed E-state index contributed by atoms with van der Waals surface area (Å²) >= 11 is 5.93. The van der Waals surface area contributed by atoms with Crippen molar-refractivity contribution >= 4 is 29.1 Å². The van der Waals surface area contributed by atoms with Crippen LogP contribution >= 0.6 is 11.6 Å². The first kappa shape index (κ1) is 17.2. The Morgan fingerprint density at radius 1 is 1.11 bits per heavy atom. The van der Waals surface area contributed by atoms with Crippen LogP contribution < -0.4 is 14.8 Å². The predicted octanol–water partition coefficient (Wildman–Crippen LogP) is 4.30. The molecule has 1 aliphatic rings. The van der Waals surface area contributed by atoms with Crippen molar-refractivity contribution in [2.45, 2.75) is 0 Å². The van der Waals surface area contributed by atoms with E-state index in [1.807, 2.05) is 0 Å². The molecule has 1 aliphatic heterocycles. The third-order valence-electron chi connectivity index (χ3n) is 4.00. The van der Waals surface area contributed by atoms with E-state index >= 15 is 0 Å². The second kappa shape index (κ2) is 7.20. The lowest BCUT2D eigenvalue weighted by molar-refractivity contribution is 0.0602. The summed E-state index contributed by atoms with van der Waals surface area (Å²) in [6, 6.07) is 12.3. The number of hydrogen-bond donors (Lipinski definition) is 1. The molecule has 0 atom stereocenters. The molecule has 4 rings (SSSR count). The Bertz CT molecular complexity index is 984. The molecule has 3 aromatic rings. The average Bonchev–Trinajstić information content (AvgIpc) is 3.11. The largest absolute Gasteiger partial charge is 0.486 e. The third kappa shape index (κ3) is 3.41. The topological polar surface area (TPSA) is 82.8 Å². The van der Waals surface area contributed by atoms with Gasteiger partial charge < -0.3 is 24.1 Å². The molecule has 27 heavy (non-hydrogen) atoms. The number of methoxy groups -OCH3 is 1. The SMILES string of the molecule is COC(=O)c1c(-c2ccc(Cl)cc2)noc1Nc1ccc2c(c1)OCCO2. The van der Waals surface area contributed by atoms with E-state index in [4.69, 9.17) is 30.3 Å². The Kier molecular flexibility index (Phi) is 4.60. The number of carbonyl (C=O) groups excluding carboxylic acids is 1. The number of rotatable bonds is 4. The molecule has 7 nitrogen and oxygen atoms in total. The van der Waals surface area contributed by atoms with Gasteiger partial charge in [0.2, 0.25) is 5.88 Å². The van der Waals surface area contributed by atoms with Gasteiger partial charge in [0.25, 0.3) is 0 Å². The summed E-state index contributed by atoms with van der Waals surface area (Å²) in [5.41, 5.74) is 1.88. The summed E-state index contributed by atoms with van der Waals surface area (Å²) in [6.07, 6.45) is 0. The highest BCUT2D eigenvalue weighted by Crippen LogP contribution is 2.36. The van der Waals surface area contributed by atoms with Crippen molar-refractivity contribution in [2.75, 3.05) is 25.6 Å². The number of hydrogen-bond acceptors (Lipinski definition) is 7. The minimum Gasteiger partial charge on any atom is -0.486 e. The van der Waals surface area contributed by atoms with Crippen LogP contribution in [0.3, 0.4) is 0 Å². The van der Waals surface area contributed by atoms with Crippen LogP contribution in [0.15, 0.2) is 47.0 Å². The summed E-state index contributed by atoms with van der Waals surface area (Å²) in [6.45, 7) is 0.992. The summed E-state index contributed by atoms with van der Waals surface area (Å²) in [5.74, 6) is 0.882. The molecule has 1 N–H and O–H groups in total. The number of benzene rings is 2. The normalized spacial score (nSPS) is 12.5. The average molecular weight is 387 g/mol. The molecular formula is C19H15ClN2O5. The zero-order valence-corrected chi connectivity index (χ0v) is 15.1. The first-order chi connectivity index (χ1) is 13.2. The first-order valence-corrected chi connectivity index (χ1v) is 8.54. The van der Waals surface area contributed by atoms with Crippen molar-refractivity contribution in [2.24, 2.45) is 0 Å². The third-order valence-corrected chi connectivity index (χ3v) is 4.25. The van der Waals surface area contributed by atoms with E-state index in [-0.39, 0.29) is 11.4 Å². The Hall–Kier alpha value is -3.19. The number of aromatic nitrogens is 1. The molecule has 8 heteroatoms. The van der Waals surface area contributed by atoms with Gasteiger partial charge in [-0.1, -0.05) is 28.9 Å². The molecule has 138 valence electrons. The number of esters is 1. The van der Waals surface area contributed by atoms with Crippen molar-refractivity contribution in [3.05, 3.63) is 53.1 Å². The van der Waals surface area contributed by atoms with Crippen molar-refractivity contribution < 1.29 is 23.5 Å². The van der Waals surface area contributed by atoms with E-state index in [1.165, 1.54) is 7.11 Å². The zero-order valence-electron chi connectivity index (χ0n) is 14.3. The predicted molar refractivity (Wildman–Crippen MR) is 99.0 cm³/mol. The Labute approximate surface area is 159 Å². The molecule has 0 radical (unpaired) electrons. The van der Waals surface area contributed by atoms with Gasteiger partial charge >= 0.3 is 5.97 Å². The molecule has 0 fully saturated rings. The number of halogens is 1. The van der Waals surface area contributed by atoms with Crippen LogP contribution in [-0.4, -0.2) is 31.4 Å². The molecule has 2 heterocycles. The second-order valence-electron chi connectivity index (χ2n) is 5.72. The van der Waals surface area contributed by atoms with Gasteiger partial charge in [0.05, 0.1) is 7.11 Å². The highest BCUT2D eigenvalue weighted by atomic mass is 35.5. The molecular weight excluding hydrogens is 372 g/mol. The van der Waals surface area contributed by atoms with E-state index in [9.17, 15) is 4.79 Å². The van der Waals surface area contributed by atoms with Gasteiger partial charge in [-0.15, -0.1) is 0 Å². The maximum absolute atomic E-state index is 12.3. The van der Waals surface area contributed by atoms with Crippen LogP contribution in [0.5, 0.6) is 11.5 Å². The summed E-state index contributed by atoms with van der Waals surface area (Å²) < 4.78 is 21.4. The lowest BCUT2D eigenvalue weighted by Crippen LogP contribution is -2.15. The number of carbonyl (C=O) groups is 1. The van der Waals surface area contributed by atoms with Gasteiger partial charge in [-0.3, -0.25) is 0 Å². The summed E-state index contributed by atoms with van der Waals surface area (Å²) in [5, 5.41) is 7.66. The molecule has 1 aromatic heterocycles. The highest BCUT2D eigenvalue weighted by molar-refractivity contribution is 6.30. The fraction of sp³-hybridized carbons (Fsp3) is 0.158. The van der Waals surface area contributed by atoms with Crippen molar-refractivity contribution in [1.82, 2.24) is 5.16 Å². The Morgan fingerprint density at radius 3 is 2.59 bits per heavy atom. The van der Waals surface area contributed by atoms with Crippen molar-refractivity contribution in [3.63, 3.8) is 0 Å². The number of anilines is 2. The first-order valence-electron chi connectivity index (χ1n) is 8.16. The van der Waals surface area contributed by atoms with E-state index in [0.29, 0.717) is 46.7 Å². The maximum Gasteiger partial charge on any atom is 0.345 e. The number of nitrogens with zero attached hydrogens (tertiary/aromatic N) is 1.